The van der Waals surface area contributed by atoms with Gasteiger partial charge >= 0.3 is 5.97 Å². The van der Waals surface area contributed by atoms with Crippen molar-refractivity contribution in [3.8, 4) is 17.2 Å². The molecule has 0 aromatic heterocycles. The molecule has 1 unspecified atom stereocenters. The first-order valence-electron chi connectivity index (χ1n) is 10.9. The van der Waals surface area contributed by atoms with Gasteiger partial charge < -0.3 is 34.1 Å². The van der Waals surface area contributed by atoms with Crippen LogP contribution in [0.5, 0.6) is 17.2 Å². The number of ether oxygens (including phenoxy) is 4. The molecule has 2 aliphatic rings. The topological polar surface area (TPSA) is 115 Å². The molecule has 1 saturated heterocycles. The number of esters is 1. The minimum atomic E-state index is -0.700. The second-order valence-electron chi connectivity index (χ2n) is 8.01. The van der Waals surface area contributed by atoms with Gasteiger partial charge in [-0.15, -0.1) is 0 Å². The number of rotatable bonds is 7. The smallest absolute Gasteiger partial charge is 0.306 e. The van der Waals surface area contributed by atoms with E-state index in [0.717, 1.165) is 0 Å². The third-order valence-corrected chi connectivity index (χ3v) is 6.02. The van der Waals surface area contributed by atoms with Crippen molar-refractivity contribution in [1.29, 1.82) is 0 Å². The first-order chi connectivity index (χ1) is 16.5. The predicted molar refractivity (Wildman–Crippen MR) is 121 cm³/mol. The van der Waals surface area contributed by atoms with Gasteiger partial charge in [-0.2, -0.15) is 0 Å². The Morgan fingerprint density at radius 1 is 1.21 bits per heavy atom. The second-order valence-corrected chi connectivity index (χ2v) is 8.01. The van der Waals surface area contributed by atoms with E-state index in [-0.39, 0.29) is 36.1 Å². The summed E-state index contributed by atoms with van der Waals surface area (Å²) in [7, 11) is 2.78. The van der Waals surface area contributed by atoms with E-state index in [1.54, 1.807) is 24.4 Å². The highest BCUT2D eigenvalue weighted by atomic mass is 16.5. The number of fused-ring (bicyclic) bond motifs is 1. The summed E-state index contributed by atoms with van der Waals surface area (Å²) in [6, 6.07) is 8.06. The Kier molecular flexibility index (Phi) is 7.04. The molecule has 1 atom stereocenters. The van der Waals surface area contributed by atoms with Crippen molar-refractivity contribution < 1.29 is 38.7 Å². The van der Waals surface area contributed by atoms with Crippen molar-refractivity contribution in [2.45, 2.75) is 18.9 Å². The maximum absolute atomic E-state index is 13.1. The normalized spacial score (nSPS) is 17.3. The number of allylic oxidation sites excluding steroid dienone is 1. The number of morpholine rings is 1. The number of ketones is 1. The fourth-order valence-corrected chi connectivity index (χ4v) is 4.24. The molecular weight excluding hydrogens is 442 g/mol. The molecule has 9 heteroatoms. The van der Waals surface area contributed by atoms with Gasteiger partial charge in [0, 0.05) is 36.3 Å². The monoisotopic (exact) mass is 469 g/mol. The summed E-state index contributed by atoms with van der Waals surface area (Å²) < 4.78 is 21.5. The van der Waals surface area contributed by atoms with Gasteiger partial charge in [0.1, 0.15) is 17.2 Å². The van der Waals surface area contributed by atoms with Crippen molar-refractivity contribution in [3.05, 3.63) is 64.5 Å². The molecule has 0 radical (unpaired) electrons. The van der Waals surface area contributed by atoms with E-state index >= 15 is 0 Å². The molecule has 2 N–H and O–H groups in total. The number of aromatic hydroxyl groups is 1. The van der Waals surface area contributed by atoms with Gasteiger partial charge in [0.05, 0.1) is 46.0 Å². The Bertz CT molecular complexity index is 1120. The van der Waals surface area contributed by atoms with Gasteiger partial charge in [0.25, 0.3) is 0 Å². The molecular formula is C25H27NO8. The molecule has 180 valence electrons. The summed E-state index contributed by atoms with van der Waals surface area (Å²) in [5.74, 6) is -0.774. The van der Waals surface area contributed by atoms with Gasteiger partial charge in [0.15, 0.2) is 5.76 Å². The maximum Gasteiger partial charge on any atom is 0.306 e. The van der Waals surface area contributed by atoms with E-state index in [4.69, 9.17) is 18.9 Å². The average Bonchev–Trinajstić information content (AvgIpc) is 3.17. The fraction of sp³-hybridized carbons (Fsp3) is 0.360. The van der Waals surface area contributed by atoms with E-state index < -0.39 is 11.9 Å². The fourth-order valence-electron chi connectivity index (χ4n) is 4.24. The highest BCUT2D eigenvalue weighted by Crippen LogP contribution is 2.46. The zero-order chi connectivity index (χ0) is 24.2. The van der Waals surface area contributed by atoms with Gasteiger partial charge in [-0.3, -0.25) is 9.59 Å². The minimum Gasteiger partial charge on any atom is -0.508 e. The number of carbonyl (C=O) groups is 2. The summed E-state index contributed by atoms with van der Waals surface area (Å²) in [6.07, 6.45) is 1.55. The SMILES string of the molecule is COC(=O)CC(c1ccc(OC)c(CO)c1)c1c(O)ccc2c1OC(=CN1CCOCC1)C2=O. The second kappa shape index (κ2) is 10.1. The summed E-state index contributed by atoms with van der Waals surface area (Å²) >= 11 is 0. The lowest BCUT2D eigenvalue weighted by Crippen LogP contribution is -2.32. The Morgan fingerprint density at radius 2 is 1.97 bits per heavy atom. The summed E-state index contributed by atoms with van der Waals surface area (Å²) in [5, 5.41) is 20.6. The number of aliphatic hydroxyl groups excluding tert-OH is 1. The zero-order valence-corrected chi connectivity index (χ0v) is 19.1. The summed E-state index contributed by atoms with van der Waals surface area (Å²) in [4.78, 5) is 27.4. The average molecular weight is 469 g/mol. The van der Waals surface area contributed by atoms with Crippen molar-refractivity contribution in [3.63, 3.8) is 0 Å². The van der Waals surface area contributed by atoms with E-state index in [1.807, 2.05) is 4.90 Å². The van der Waals surface area contributed by atoms with Crippen LogP contribution in [0.4, 0.5) is 0 Å². The summed E-state index contributed by atoms with van der Waals surface area (Å²) in [6.45, 7) is 2.11. The van der Waals surface area contributed by atoms with Crippen LogP contribution in [0, 0.1) is 0 Å². The number of phenols is 1. The van der Waals surface area contributed by atoms with Crippen molar-refractivity contribution >= 4 is 11.8 Å². The third kappa shape index (κ3) is 4.57. The van der Waals surface area contributed by atoms with Crippen LogP contribution in [0.2, 0.25) is 0 Å². The Hall–Kier alpha value is -3.56. The van der Waals surface area contributed by atoms with Crippen LogP contribution in [-0.4, -0.2) is 67.4 Å². The molecule has 2 aliphatic heterocycles. The Balaban J connectivity index is 1.79. The highest BCUT2D eigenvalue weighted by Gasteiger charge is 2.36. The molecule has 34 heavy (non-hydrogen) atoms. The number of Topliss-reactive ketones (excluding diaryl/α,β-unsaturated/α-hetero) is 1. The maximum atomic E-state index is 13.1. The number of aliphatic hydroxyl groups is 1. The van der Waals surface area contributed by atoms with E-state index in [1.165, 1.54) is 26.4 Å². The van der Waals surface area contributed by atoms with Gasteiger partial charge in [-0.25, -0.2) is 0 Å². The number of hydrogen-bond donors (Lipinski definition) is 2. The van der Waals surface area contributed by atoms with Crippen molar-refractivity contribution in [2.75, 3.05) is 40.5 Å². The molecule has 1 fully saturated rings. The quantitative estimate of drug-likeness (QED) is 0.466. The Labute approximate surface area is 197 Å². The first kappa shape index (κ1) is 23.6. The first-order valence-corrected chi connectivity index (χ1v) is 10.9. The molecule has 2 aromatic carbocycles. The number of hydrogen-bond acceptors (Lipinski definition) is 9. The highest BCUT2D eigenvalue weighted by molar-refractivity contribution is 6.12. The van der Waals surface area contributed by atoms with Crippen LogP contribution in [0.1, 0.15) is 39.4 Å². The molecule has 4 rings (SSSR count). The molecule has 0 saturated carbocycles. The van der Waals surface area contributed by atoms with Crippen molar-refractivity contribution in [1.82, 2.24) is 4.90 Å². The molecule has 2 heterocycles. The van der Waals surface area contributed by atoms with Crippen LogP contribution in [0.25, 0.3) is 0 Å². The van der Waals surface area contributed by atoms with Gasteiger partial charge in [-0.05, 0) is 29.8 Å². The minimum absolute atomic E-state index is 0.113. The van der Waals surface area contributed by atoms with Crippen LogP contribution in [0.15, 0.2) is 42.3 Å². The Morgan fingerprint density at radius 3 is 2.65 bits per heavy atom. The van der Waals surface area contributed by atoms with Gasteiger partial charge in [0.2, 0.25) is 5.78 Å². The molecule has 0 aliphatic carbocycles. The molecule has 9 nitrogen and oxygen atoms in total. The number of nitrogens with zero attached hydrogens (tertiary/aromatic N) is 1. The van der Waals surface area contributed by atoms with Crippen LogP contribution in [-0.2, 0) is 20.9 Å². The number of methoxy groups -OCH3 is 2. The van der Waals surface area contributed by atoms with Crippen LogP contribution >= 0.6 is 0 Å². The third-order valence-electron chi connectivity index (χ3n) is 6.02. The number of phenolic OH excluding ortho intramolecular Hbond substituents is 1. The molecule has 0 spiro atoms. The lowest BCUT2D eigenvalue weighted by atomic mass is 9.85. The van der Waals surface area contributed by atoms with E-state index in [0.29, 0.717) is 54.3 Å². The molecule has 2 aromatic rings. The molecule has 0 amide bonds. The van der Waals surface area contributed by atoms with Crippen molar-refractivity contribution in [2.24, 2.45) is 0 Å². The number of benzene rings is 2. The van der Waals surface area contributed by atoms with Gasteiger partial charge in [-0.1, -0.05) is 6.07 Å². The zero-order valence-electron chi connectivity index (χ0n) is 19.1. The largest absolute Gasteiger partial charge is 0.508 e. The number of carbonyl (C=O) groups excluding carboxylic acids is 2. The lowest BCUT2D eigenvalue weighted by molar-refractivity contribution is -0.140. The summed E-state index contributed by atoms with van der Waals surface area (Å²) in [5.41, 5.74) is 1.75. The lowest BCUT2D eigenvalue weighted by Gasteiger charge is -2.25. The van der Waals surface area contributed by atoms with E-state index in [2.05, 4.69) is 0 Å². The molecule has 0 bridgehead atoms. The predicted octanol–water partition coefficient (Wildman–Crippen LogP) is 2.34. The van der Waals surface area contributed by atoms with E-state index in [9.17, 15) is 19.8 Å². The van der Waals surface area contributed by atoms with Crippen LogP contribution < -0.4 is 9.47 Å². The van der Waals surface area contributed by atoms with Crippen LogP contribution in [0.3, 0.4) is 0 Å². The standard InChI is InChI=1S/C25H27NO8/c1-31-20-6-3-15(11-16(20)14-27)18(12-22(29)32-2)23-19(28)5-4-17-24(30)21(34-25(17)23)13-26-7-9-33-10-8-26/h3-6,11,13,18,27-28H,7-10,12,14H2,1-2H3.